The van der Waals surface area contributed by atoms with E-state index in [0.29, 0.717) is 5.69 Å². The average Bonchev–Trinajstić information content (AvgIpc) is 2.94. The SMILES string of the molecule is CCOC(=O)NNC(=O)Cc1csc(-c2cccc(C)c2)n1. The van der Waals surface area contributed by atoms with E-state index in [9.17, 15) is 9.59 Å². The van der Waals surface area contributed by atoms with Gasteiger partial charge < -0.3 is 4.74 Å². The van der Waals surface area contributed by atoms with Gasteiger partial charge in [0.15, 0.2) is 0 Å². The van der Waals surface area contributed by atoms with E-state index in [0.717, 1.165) is 16.1 Å². The van der Waals surface area contributed by atoms with Crippen LogP contribution in [0.25, 0.3) is 10.6 Å². The van der Waals surface area contributed by atoms with Crippen LogP contribution in [-0.2, 0) is 16.0 Å². The van der Waals surface area contributed by atoms with Gasteiger partial charge in [-0.2, -0.15) is 0 Å². The number of hydrazine groups is 1. The molecule has 6 nitrogen and oxygen atoms in total. The zero-order chi connectivity index (χ0) is 15.9. The zero-order valence-corrected chi connectivity index (χ0v) is 13.2. The van der Waals surface area contributed by atoms with Crippen LogP contribution in [0.2, 0.25) is 0 Å². The third-order valence-electron chi connectivity index (χ3n) is 2.74. The summed E-state index contributed by atoms with van der Waals surface area (Å²) in [7, 11) is 0. The molecule has 1 heterocycles. The zero-order valence-electron chi connectivity index (χ0n) is 12.4. The molecule has 2 N–H and O–H groups in total. The maximum atomic E-state index is 11.7. The fourth-order valence-electron chi connectivity index (χ4n) is 1.80. The minimum absolute atomic E-state index is 0.0920. The summed E-state index contributed by atoms with van der Waals surface area (Å²) in [6.45, 7) is 3.95. The van der Waals surface area contributed by atoms with Gasteiger partial charge in [0.25, 0.3) is 0 Å². The van der Waals surface area contributed by atoms with Crippen molar-refractivity contribution in [2.75, 3.05) is 6.61 Å². The summed E-state index contributed by atoms with van der Waals surface area (Å²) in [5, 5.41) is 2.70. The third-order valence-corrected chi connectivity index (χ3v) is 3.68. The number of carbonyl (C=O) groups excluding carboxylic acids is 2. The van der Waals surface area contributed by atoms with E-state index in [-0.39, 0.29) is 18.9 Å². The van der Waals surface area contributed by atoms with Crippen LogP contribution >= 0.6 is 11.3 Å². The quantitative estimate of drug-likeness (QED) is 0.848. The fraction of sp³-hybridized carbons (Fsp3) is 0.267. The molecule has 0 aliphatic rings. The first kappa shape index (κ1) is 16.0. The molecule has 0 aliphatic carbocycles. The number of aromatic nitrogens is 1. The molecule has 1 aromatic heterocycles. The smallest absolute Gasteiger partial charge is 0.426 e. The van der Waals surface area contributed by atoms with Gasteiger partial charge in [-0.05, 0) is 19.9 Å². The summed E-state index contributed by atoms with van der Waals surface area (Å²) >= 11 is 1.48. The van der Waals surface area contributed by atoms with E-state index in [1.165, 1.54) is 11.3 Å². The van der Waals surface area contributed by atoms with E-state index in [1.807, 2.05) is 36.6 Å². The van der Waals surface area contributed by atoms with Crippen LogP contribution in [0.1, 0.15) is 18.2 Å². The Kier molecular flexibility index (Phi) is 5.48. The molecule has 7 heteroatoms. The second-order valence-electron chi connectivity index (χ2n) is 4.58. The predicted octanol–water partition coefficient (Wildman–Crippen LogP) is 2.44. The molecule has 0 atom stereocenters. The predicted molar refractivity (Wildman–Crippen MR) is 84.3 cm³/mol. The molecule has 0 radical (unpaired) electrons. The van der Waals surface area contributed by atoms with Crippen LogP contribution < -0.4 is 10.9 Å². The second kappa shape index (κ2) is 7.56. The summed E-state index contributed by atoms with van der Waals surface area (Å²) in [6, 6.07) is 8.03. The molecule has 22 heavy (non-hydrogen) atoms. The Bertz CT molecular complexity index is 670. The van der Waals surface area contributed by atoms with E-state index >= 15 is 0 Å². The second-order valence-corrected chi connectivity index (χ2v) is 5.44. The molecule has 1 aromatic carbocycles. The Balaban J connectivity index is 1.92. The van der Waals surface area contributed by atoms with Gasteiger partial charge in [-0.3, -0.25) is 10.2 Å². The Morgan fingerprint density at radius 2 is 2.14 bits per heavy atom. The maximum Gasteiger partial charge on any atom is 0.426 e. The highest BCUT2D eigenvalue weighted by atomic mass is 32.1. The number of hydrogen-bond acceptors (Lipinski definition) is 5. The lowest BCUT2D eigenvalue weighted by molar-refractivity contribution is -0.121. The highest BCUT2D eigenvalue weighted by Gasteiger charge is 2.10. The van der Waals surface area contributed by atoms with E-state index in [1.54, 1.807) is 6.92 Å². The van der Waals surface area contributed by atoms with Crippen molar-refractivity contribution in [2.24, 2.45) is 0 Å². The molecule has 0 unspecified atom stereocenters. The van der Waals surface area contributed by atoms with Crippen molar-refractivity contribution >= 4 is 23.3 Å². The van der Waals surface area contributed by atoms with Crippen molar-refractivity contribution in [3.8, 4) is 10.6 Å². The van der Waals surface area contributed by atoms with Gasteiger partial charge in [0.1, 0.15) is 5.01 Å². The molecule has 2 rings (SSSR count). The van der Waals surface area contributed by atoms with E-state index in [2.05, 4.69) is 20.6 Å². The molecule has 0 spiro atoms. The number of amides is 2. The number of benzene rings is 1. The number of aryl methyl sites for hydroxylation is 1. The lowest BCUT2D eigenvalue weighted by Crippen LogP contribution is -2.42. The molecule has 2 aromatic rings. The van der Waals surface area contributed by atoms with Gasteiger partial charge in [0.2, 0.25) is 5.91 Å². The average molecular weight is 319 g/mol. The molecular formula is C15H17N3O3S. The Hall–Kier alpha value is -2.41. The highest BCUT2D eigenvalue weighted by Crippen LogP contribution is 2.24. The van der Waals surface area contributed by atoms with Crippen molar-refractivity contribution in [3.63, 3.8) is 0 Å². The van der Waals surface area contributed by atoms with Crippen molar-refractivity contribution < 1.29 is 14.3 Å². The molecule has 2 amide bonds. The molecule has 0 bridgehead atoms. The minimum Gasteiger partial charge on any atom is -0.449 e. The monoisotopic (exact) mass is 319 g/mol. The van der Waals surface area contributed by atoms with Crippen LogP contribution in [0.5, 0.6) is 0 Å². The lowest BCUT2D eigenvalue weighted by Gasteiger charge is -2.05. The number of hydrogen-bond donors (Lipinski definition) is 2. The number of nitrogens with zero attached hydrogens (tertiary/aromatic N) is 1. The number of ether oxygens (including phenoxy) is 1. The number of carbonyl (C=O) groups is 2. The van der Waals surface area contributed by atoms with Gasteiger partial charge in [0, 0.05) is 10.9 Å². The normalized spacial score (nSPS) is 10.1. The first-order chi connectivity index (χ1) is 10.6. The van der Waals surface area contributed by atoms with E-state index in [4.69, 9.17) is 0 Å². The van der Waals surface area contributed by atoms with Crippen LogP contribution in [0, 0.1) is 6.92 Å². The van der Waals surface area contributed by atoms with Crippen molar-refractivity contribution in [1.29, 1.82) is 0 Å². The van der Waals surface area contributed by atoms with E-state index < -0.39 is 6.09 Å². The molecular weight excluding hydrogens is 302 g/mol. The minimum atomic E-state index is -0.686. The van der Waals surface area contributed by atoms with Crippen LogP contribution in [0.4, 0.5) is 4.79 Å². The van der Waals surface area contributed by atoms with Gasteiger partial charge >= 0.3 is 6.09 Å². The summed E-state index contributed by atoms with van der Waals surface area (Å²) in [4.78, 5) is 27.2. The van der Waals surface area contributed by atoms with Crippen LogP contribution in [0.15, 0.2) is 29.6 Å². The summed E-state index contributed by atoms with van der Waals surface area (Å²) < 4.78 is 4.64. The van der Waals surface area contributed by atoms with Gasteiger partial charge in [-0.15, -0.1) is 11.3 Å². The molecule has 0 saturated heterocycles. The Labute approximate surface area is 132 Å². The first-order valence-electron chi connectivity index (χ1n) is 6.81. The summed E-state index contributed by atoms with van der Waals surface area (Å²) in [5.41, 5.74) is 7.28. The summed E-state index contributed by atoms with van der Waals surface area (Å²) in [6.07, 6.45) is -0.594. The Morgan fingerprint density at radius 3 is 2.86 bits per heavy atom. The van der Waals surface area contributed by atoms with Crippen LogP contribution in [0.3, 0.4) is 0 Å². The van der Waals surface area contributed by atoms with Crippen molar-refractivity contribution in [1.82, 2.24) is 15.8 Å². The first-order valence-corrected chi connectivity index (χ1v) is 7.69. The topological polar surface area (TPSA) is 80.3 Å². The molecule has 0 aliphatic heterocycles. The summed E-state index contributed by atoms with van der Waals surface area (Å²) in [5.74, 6) is -0.353. The number of thiazole rings is 1. The lowest BCUT2D eigenvalue weighted by atomic mass is 10.1. The molecule has 0 saturated carbocycles. The fourth-order valence-corrected chi connectivity index (χ4v) is 2.61. The Morgan fingerprint density at radius 1 is 1.32 bits per heavy atom. The van der Waals surface area contributed by atoms with Crippen molar-refractivity contribution in [2.45, 2.75) is 20.3 Å². The van der Waals surface area contributed by atoms with Crippen LogP contribution in [-0.4, -0.2) is 23.6 Å². The van der Waals surface area contributed by atoms with Gasteiger partial charge in [-0.1, -0.05) is 23.8 Å². The maximum absolute atomic E-state index is 11.7. The third kappa shape index (κ3) is 4.56. The van der Waals surface area contributed by atoms with Gasteiger partial charge in [-0.25, -0.2) is 15.2 Å². The van der Waals surface area contributed by atoms with Crippen molar-refractivity contribution in [3.05, 3.63) is 40.9 Å². The number of rotatable bonds is 4. The molecule has 0 fully saturated rings. The molecule has 116 valence electrons. The highest BCUT2D eigenvalue weighted by molar-refractivity contribution is 7.13. The number of nitrogens with one attached hydrogen (secondary N) is 2. The van der Waals surface area contributed by atoms with Gasteiger partial charge in [0.05, 0.1) is 18.7 Å². The standard InChI is InChI=1S/C15H17N3O3S/c1-3-21-15(20)18-17-13(19)8-12-9-22-14(16-12)11-6-4-5-10(2)7-11/h4-7,9H,3,8H2,1-2H3,(H,17,19)(H,18,20). The largest absolute Gasteiger partial charge is 0.449 e.